The van der Waals surface area contributed by atoms with Gasteiger partial charge in [0.15, 0.2) is 0 Å². The van der Waals surface area contributed by atoms with Gasteiger partial charge in [0.05, 0.1) is 5.69 Å². The van der Waals surface area contributed by atoms with E-state index in [0.717, 1.165) is 5.56 Å². The highest BCUT2D eigenvalue weighted by Gasteiger charge is 2.24. The first-order chi connectivity index (χ1) is 10.5. The molecule has 0 fully saturated rings. The van der Waals surface area contributed by atoms with Gasteiger partial charge in [-0.25, -0.2) is 0 Å². The monoisotopic (exact) mass is 336 g/mol. The van der Waals surface area contributed by atoms with Crippen LogP contribution in [0.2, 0.25) is 5.02 Å². The molecule has 0 atom stereocenters. The molecule has 1 aromatic carbocycles. The van der Waals surface area contributed by atoms with Crippen LogP contribution in [0.1, 0.15) is 5.56 Å². The van der Waals surface area contributed by atoms with Crippen LogP contribution in [-0.2, 0) is 16.4 Å². The van der Waals surface area contributed by atoms with E-state index in [1.54, 1.807) is 24.5 Å². The van der Waals surface area contributed by atoms with Crippen molar-refractivity contribution in [3.8, 4) is 0 Å². The van der Waals surface area contributed by atoms with Crippen LogP contribution in [0.4, 0.5) is 5.69 Å². The molecule has 6 nitrogen and oxygen atoms in total. The highest BCUT2D eigenvalue weighted by atomic mass is 35.5. The second-order valence-electron chi connectivity index (χ2n) is 4.72. The van der Waals surface area contributed by atoms with E-state index in [2.05, 4.69) is 20.0 Å². The summed E-state index contributed by atoms with van der Waals surface area (Å²) in [6.07, 6.45) is 4.19. The second-order valence-corrected chi connectivity index (χ2v) is 6.73. The van der Waals surface area contributed by atoms with Crippen molar-refractivity contribution in [2.75, 3.05) is 11.9 Å². The van der Waals surface area contributed by atoms with Crippen LogP contribution in [0.25, 0.3) is 0 Å². The number of anilines is 1. The lowest BCUT2D eigenvalue weighted by atomic mass is 10.2. The zero-order valence-electron chi connectivity index (χ0n) is 11.5. The van der Waals surface area contributed by atoms with Crippen molar-refractivity contribution in [1.82, 2.24) is 10.3 Å². The molecule has 22 heavy (non-hydrogen) atoms. The summed E-state index contributed by atoms with van der Waals surface area (Å²) in [5, 5.41) is 6.29. The van der Waals surface area contributed by atoms with Gasteiger partial charge in [-0.3, -0.25) is 4.98 Å². The quantitative estimate of drug-likeness (QED) is 0.896. The number of rotatable bonds is 3. The van der Waals surface area contributed by atoms with Crippen molar-refractivity contribution in [2.24, 2.45) is 4.40 Å². The Morgan fingerprint density at radius 1 is 1.27 bits per heavy atom. The molecule has 2 N–H and O–H groups in total. The van der Waals surface area contributed by atoms with Gasteiger partial charge in [-0.15, -0.1) is 4.40 Å². The summed E-state index contributed by atoms with van der Waals surface area (Å²) in [4.78, 5) is 4.11. The number of fused-ring (bicyclic) bond motifs is 1. The summed E-state index contributed by atoms with van der Waals surface area (Å²) < 4.78 is 28.0. The fourth-order valence-corrected chi connectivity index (χ4v) is 3.44. The molecule has 0 amide bonds. The summed E-state index contributed by atoms with van der Waals surface area (Å²) in [7, 11) is -3.74. The molecule has 0 radical (unpaired) electrons. The van der Waals surface area contributed by atoms with Gasteiger partial charge < -0.3 is 10.6 Å². The first kappa shape index (κ1) is 14.8. The third kappa shape index (κ3) is 3.20. The molecular weight excluding hydrogens is 324 g/mol. The van der Waals surface area contributed by atoms with Crippen LogP contribution >= 0.6 is 11.6 Å². The third-order valence-electron chi connectivity index (χ3n) is 3.12. The summed E-state index contributed by atoms with van der Waals surface area (Å²) in [6.45, 7) is 0.538. The fraction of sp³-hybridized carbons (Fsp3) is 0.143. The van der Waals surface area contributed by atoms with Gasteiger partial charge in [-0.2, -0.15) is 8.42 Å². The van der Waals surface area contributed by atoms with E-state index in [0.29, 0.717) is 23.7 Å². The SMILES string of the molecule is O=S1(=O)N=C(NCCc2cccnc2)Nc2ccc(Cl)cc21. The number of sulfonamides is 1. The average Bonchev–Trinajstić information content (AvgIpc) is 2.49. The number of pyridine rings is 1. The van der Waals surface area contributed by atoms with Gasteiger partial charge in [0.25, 0.3) is 10.0 Å². The minimum absolute atomic E-state index is 0.0813. The third-order valence-corrected chi connectivity index (χ3v) is 4.67. The molecule has 3 rings (SSSR count). The number of nitrogens with zero attached hydrogens (tertiary/aromatic N) is 2. The molecule has 0 aliphatic carbocycles. The topological polar surface area (TPSA) is 83.5 Å². The summed E-state index contributed by atoms with van der Waals surface area (Å²) in [5.41, 5.74) is 1.52. The Morgan fingerprint density at radius 2 is 2.14 bits per heavy atom. The largest absolute Gasteiger partial charge is 0.355 e. The van der Waals surface area contributed by atoms with Crippen LogP contribution in [0.5, 0.6) is 0 Å². The lowest BCUT2D eigenvalue weighted by Gasteiger charge is -2.19. The maximum Gasteiger partial charge on any atom is 0.287 e. The number of halogens is 1. The Morgan fingerprint density at radius 3 is 2.91 bits per heavy atom. The van der Waals surface area contributed by atoms with Gasteiger partial charge in [-0.1, -0.05) is 17.7 Å². The minimum Gasteiger partial charge on any atom is -0.355 e. The molecule has 2 heterocycles. The van der Waals surface area contributed by atoms with E-state index in [-0.39, 0.29) is 10.9 Å². The first-order valence-corrected chi connectivity index (χ1v) is 8.41. The Balaban J connectivity index is 1.72. The lowest BCUT2D eigenvalue weighted by molar-refractivity contribution is 0.597. The summed E-state index contributed by atoms with van der Waals surface area (Å²) >= 11 is 5.83. The van der Waals surface area contributed by atoms with E-state index in [9.17, 15) is 8.42 Å². The van der Waals surface area contributed by atoms with E-state index in [1.165, 1.54) is 6.07 Å². The number of aromatic nitrogens is 1. The zero-order chi connectivity index (χ0) is 15.6. The first-order valence-electron chi connectivity index (χ1n) is 6.59. The normalized spacial score (nSPS) is 15.4. The van der Waals surface area contributed by atoms with Crippen molar-refractivity contribution >= 4 is 33.3 Å². The maximum absolute atomic E-state index is 12.1. The van der Waals surface area contributed by atoms with Gasteiger partial charge in [0, 0.05) is 24.0 Å². The molecule has 0 unspecified atom stereocenters. The molecule has 2 aromatic rings. The highest BCUT2D eigenvalue weighted by Crippen LogP contribution is 2.29. The highest BCUT2D eigenvalue weighted by molar-refractivity contribution is 7.90. The van der Waals surface area contributed by atoms with Crippen LogP contribution in [0, 0.1) is 0 Å². The Hall–Kier alpha value is -2.12. The van der Waals surface area contributed by atoms with Crippen LogP contribution in [0.3, 0.4) is 0 Å². The lowest BCUT2D eigenvalue weighted by Crippen LogP contribution is -2.35. The van der Waals surface area contributed by atoms with Crippen molar-refractivity contribution in [1.29, 1.82) is 0 Å². The molecule has 0 saturated carbocycles. The van der Waals surface area contributed by atoms with Crippen molar-refractivity contribution in [2.45, 2.75) is 11.3 Å². The van der Waals surface area contributed by atoms with Gasteiger partial charge >= 0.3 is 0 Å². The zero-order valence-corrected chi connectivity index (χ0v) is 13.0. The number of benzene rings is 1. The predicted octanol–water partition coefficient (Wildman–Crippen LogP) is 2.04. The van der Waals surface area contributed by atoms with E-state index >= 15 is 0 Å². The second kappa shape index (κ2) is 5.94. The van der Waals surface area contributed by atoms with Crippen molar-refractivity contribution in [3.63, 3.8) is 0 Å². The smallest absolute Gasteiger partial charge is 0.287 e. The van der Waals surface area contributed by atoms with E-state index < -0.39 is 10.0 Å². The molecule has 114 valence electrons. The Kier molecular flexibility index (Phi) is 4.00. The minimum atomic E-state index is -3.74. The molecule has 1 aromatic heterocycles. The fourth-order valence-electron chi connectivity index (χ4n) is 2.08. The molecule has 0 bridgehead atoms. The average molecular weight is 337 g/mol. The molecule has 1 aliphatic heterocycles. The van der Waals surface area contributed by atoms with Gasteiger partial charge in [0.2, 0.25) is 5.96 Å². The van der Waals surface area contributed by atoms with Crippen LogP contribution < -0.4 is 10.6 Å². The Labute approximate surface area is 133 Å². The van der Waals surface area contributed by atoms with Crippen molar-refractivity contribution < 1.29 is 8.42 Å². The molecule has 8 heteroatoms. The van der Waals surface area contributed by atoms with Crippen molar-refractivity contribution in [3.05, 3.63) is 53.3 Å². The number of nitrogens with one attached hydrogen (secondary N) is 2. The van der Waals surface area contributed by atoms with Crippen LogP contribution in [-0.4, -0.2) is 25.9 Å². The van der Waals surface area contributed by atoms with Gasteiger partial charge in [0.1, 0.15) is 4.90 Å². The number of guanidine groups is 1. The summed E-state index contributed by atoms with van der Waals surface area (Å²) in [5.74, 6) is 0.207. The molecular formula is C14H13ClN4O2S. The van der Waals surface area contributed by atoms with E-state index in [4.69, 9.17) is 11.6 Å². The predicted molar refractivity (Wildman–Crippen MR) is 85.6 cm³/mol. The van der Waals surface area contributed by atoms with E-state index in [1.807, 2.05) is 12.1 Å². The van der Waals surface area contributed by atoms with Crippen LogP contribution in [0.15, 0.2) is 52.0 Å². The standard InChI is InChI=1S/C14H13ClN4O2S/c15-11-3-4-12-13(8-11)22(20,21)19-14(18-12)17-7-5-10-2-1-6-16-9-10/h1-4,6,8-9H,5,7H2,(H2,17,18,19). The molecule has 0 spiro atoms. The Bertz CT molecular complexity index is 822. The maximum atomic E-state index is 12.1. The molecule has 1 aliphatic rings. The molecule has 0 saturated heterocycles. The number of hydrogen-bond acceptors (Lipinski definition) is 5. The summed E-state index contributed by atoms with van der Waals surface area (Å²) in [6, 6.07) is 8.44. The van der Waals surface area contributed by atoms with Gasteiger partial charge in [-0.05, 0) is 36.2 Å². The number of hydrogen-bond donors (Lipinski definition) is 2.